The molecule has 0 aliphatic heterocycles. The van der Waals surface area contributed by atoms with Crippen molar-refractivity contribution in [2.24, 2.45) is 0 Å². The lowest BCUT2D eigenvalue weighted by atomic mass is 10.2. The molecule has 3 heteroatoms. The Morgan fingerprint density at radius 3 is 3.00 bits per heavy atom. The topological polar surface area (TPSA) is 46.0 Å². The number of aromatic hydroxyl groups is 1. The Kier molecular flexibility index (Phi) is 1.43. The van der Waals surface area contributed by atoms with Crippen LogP contribution in [0.1, 0.15) is 5.82 Å². The van der Waals surface area contributed by atoms with Crippen molar-refractivity contribution in [3.05, 3.63) is 30.2 Å². The van der Waals surface area contributed by atoms with Crippen molar-refractivity contribution in [2.75, 3.05) is 0 Å². The fraction of sp³-hybridized carbons (Fsp3) is 0.111. The van der Waals surface area contributed by atoms with Gasteiger partial charge in [0.05, 0.1) is 5.52 Å². The maximum atomic E-state index is 9.16. The van der Waals surface area contributed by atoms with Crippen molar-refractivity contribution in [1.82, 2.24) is 9.97 Å². The third-order valence-electron chi connectivity index (χ3n) is 1.69. The van der Waals surface area contributed by atoms with Crippen LogP contribution in [0, 0.1) is 6.92 Å². The van der Waals surface area contributed by atoms with Gasteiger partial charge in [0.2, 0.25) is 0 Å². The highest BCUT2D eigenvalue weighted by molar-refractivity contribution is 5.78. The van der Waals surface area contributed by atoms with Gasteiger partial charge in [-0.3, -0.25) is 0 Å². The van der Waals surface area contributed by atoms with Crippen LogP contribution < -0.4 is 0 Å². The summed E-state index contributed by atoms with van der Waals surface area (Å²) >= 11 is 0. The molecule has 0 aliphatic rings. The van der Waals surface area contributed by atoms with E-state index in [1.54, 1.807) is 24.4 Å². The lowest BCUT2D eigenvalue weighted by molar-refractivity contribution is 0.476. The van der Waals surface area contributed by atoms with Crippen LogP contribution in [0.2, 0.25) is 0 Å². The van der Waals surface area contributed by atoms with Crippen molar-refractivity contribution in [3.8, 4) is 5.75 Å². The van der Waals surface area contributed by atoms with E-state index in [9.17, 15) is 0 Å². The summed E-state index contributed by atoms with van der Waals surface area (Å²) in [5, 5.41) is 10.1. The number of aromatic nitrogens is 2. The standard InChI is InChI=1S/C9H8N2O/c1-6-10-5-7-2-3-8(12)4-9(7)11-6/h2-5,12H,1H3. The van der Waals surface area contributed by atoms with E-state index >= 15 is 0 Å². The fourth-order valence-corrected chi connectivity index (χ4v) is 1.10. The van der Waals surface area contributed by atoms with Crippen LogP contribution in [0.4, 0.5) is 0 Å². The van der Waals surface area contributed by atoms with Crippen molar-refractivity contribution in [2.45, 2.75) is 6.92 Å². The lowest BCUT2D eigenvalue weighted by Gasteiger charge is -1.97. The summed E-state index contributed by atoms with van der Waals surface area (Å²) in [6.45, 7) is 1.82. The molecule has 1 aromatic carbocycles. The minimum absolute atomic E-state index is 0.237. The van der Waals surface area contributed by atoms with Crippen molar-refractivity contribution < 1.29 is 5.11 Å². The van der Waals surface area contributed by atoms with Gasteiger partial charge in [0.15, 0.2) is 0 Å². The van der Waals surface area contributed by atoms with Crippen molar-refractivity contribution in [3.63, 3.8) is 0 Å². The normalized spacial score (nSPS) is 10.4. The molecule has 0 saturated carbocycles. The quantitative estimate of drug-likeness (QED) is 0.637. The molecule has 0 radical (unpaired) electrons. The fourth-order valence-electron chi connectivity index (χ4n) is 1.10. The third kappa shape index (κ3) is 1.09. The molecular weight excluding hydrogens is 152 g/mol. The minimum Gasteiger partial charge on any atom is -0.508 e. The van der Waals surface area contributed by atoms with E-state index in [0.717, 1.165) is 10.9 Å². The highest BCUT2D eigenvalue weighted by atomic mass is 16.3. The van der Waals surface area contributed by atoms with Crippen molar-refractivity contribution >= 4 is 10.9 Å². The molecule has 1 N–H and O–H groups in total. The number of phenols is 1. The van der Waals surface area contributed by atoms with Crippen LogP contribution in [0.15, 0.2) is 24.4 Å². The van der Waals surface area contributed by atoms with Gasteiger partial charge in [-0.25, -0.2) is 9.97 Å². The van der Waals surface area contributed by atoms with Gasteiger partial charge in [0.25, 0.3) is 0 Å². The molecule has 0 spiro atoms. The van der Waals surface area contributed by atoms with Gasteiger partial charge in [-0.1, -0.05) is 0 Å². The van der Waals surface area contributed by atoms with E-state index < -0.39 is 0 Å². The number of nitrogens with zero attached hydrogens (tertiary/aromatic N) is 2. The molecule has 3 nitrogen and oxygen atoms in total. The van der Waals surface area contributed by atoms with Gasteiger partial charge < -0.3 is 5.11 Å². The Hall–Kier alpha value is -1.64. The lowest BCUT2D eigenvalue weighted by Crippen LogP contribution is -1.86. The third-order valence-corrected chi connectivity index (χ3v) is 1.69. The number of aryl methyl sites for hydroxylation is 1. The molecule has 0 fully saturated rings. The Labute approximate surface area is 69.7 Å². The minimum atomic E-state index is 0.237. The number of hydrogen-bond acceptors (Lipinski definition) is 3. The maximum Gasteiger partial charge on any atom is 0.125 e. The molecule has 0 bridgehead atoms. The van der Waals surface area contributed by atoms with E-state index in [-0.39, 0.29) is 5.75 Å². The van der Waals surface area contributed by atoms with E-state index in [4.69, 9.17) is 5.11 Å². The second kappa shape index (κ2) is 2.44. The smallest absolute Gasteiger partial charge is 0.125 e. The predicted octanol–water partition coefficient (Wildman–Crippen LogP) is 1.64. The number of fused-ring (bicyclic) bond motifs is 1. The Morgan fingerprint density at radius 1 is 1.33 bits per heavy atom. The van der Waals surface area contributed by atoms with E-state index in [0.29, 0.717) is 5.82 Å². The molecular formula is C9H8N2O. The molecule has 60 valence electrons. The van der Waals surface area contributed by atoms with E-state index in [1.165, 1.54) is 0 Å². The molecule has 2 rings (SSSR count). The van der Waals surface area contributed by atoms with E-state index in [1.807, 2.05) is 6.92 Å². The molecule has 12 heavy (non-hydrogen) atoms. The first-order valence-electron chi connectivity index (χ1n) is 3.68. The molecule has 1 aromatic heterocycles. The van der Waals surface area contributed by atoms with Crippen LogP contribution in [-0.4, -0.2) is 15.1 Å². The molecule has 0 atom stereocenters. The maximum absolute atomic E-state index is 9.16. The first kappa shape index (κ1) is 7.03. The van der Waals surface area contributed by atoms with Crippen LogP contribution >= 0.6 is 0 Å². The molecule has 0 amide bonds. The molecule has 0 unspecified atom stereocenters. The zero-order valence-corrected chi connectivity index (χ0v) is 6.65. The van der Waals surface area contributed by atoms with Gasteiger partial charge in [0, 0.05) is 17.6 Å². The van der Waals surface area contributed by atoms with Crippen molar-refractivity contribution in [1.29, 1.82) is 0 Å². The summed E-state index contributed by atoms with van der Waals surface area (Å²) in [5.41, 5.74) is 0.780. The first-order valence-corrected chi connectivity index (χ1v) is 3.68. The van der Waals surface area contributed by atoms with E-state index in [2.05, 4.69) is 9.97 Å². The molecule has 0 saturated heterocycles. The van der Waals surface area contributed by atoms with Crippen LogP contribution in [-0.2, 0) is 0 Å². The van der Waals surface area contributed by atoms with Crippen LogP contribution in [0.25, 0.3) is 10.9 Å². The second-order valence-electron chi connectivity index (χ2n) is 2.66. The average Bonchev–Trinajstić information content (AvgIpc) is 2.03. The zero-order chi connectivity index (χ0) is 8.55. The second-order valence-corrected chi connectivity index (χ2v) is 2.66. The highest BCUT2D eigenvalue weighted by Gasteiger charge is 1.96. The summed E-state index contributed by atoms with van der Waals surface area (Å²) in [6, 6.07) is 5.05. The summed E-state index contributed by atoms with van der Waals surface area (Å²) in [4.78, 5) is 8.21. The Morgan fingerprint density at radius 2 is 2.17 bits per heavy atom. The van der Waals surface area contributed by atoms with Gasteiger partial charge in [0.1, 0.15) is 11.6 Å². The Balaban J connectivity index is 2.80. The first-order chi connectivity index (χ1) is 5.75. The molecule has 1 heterocycles. The number of hydrogen-bond donors (Lipinski definition) is 1. The summed E-state index contributed by atoms with van der Waals surface area (Å²) < 4.78 is 0. The molecule has 0 aliphatic carbocycles. The largest absolute Gasteiger partial charge is 0.508 e. The monoisotopic (exact) mass is 160 g/mol. The SMILES string of the molecule is Cc1ncc2ccc(O)cc2n1. The molecule has 2 aromatic rings. The summed E-state index contributed by atoms with van der Waals surface area (Å²) in [7, 11) is 0. The Bertz CT molecular complexity index is 389. The van der Waals surface area contributed by atoms with Gasteiger partial charge in [-0.15, -0.1) is 0 Å². The number of benzene rings is 1. The summed E-state index contributed by atoms with van der Waals surface area (Å²) in [6.07, 6.45) is 1.75. The zero-order valence-electron chi connectivity index (χ0n) is 6.65. The summed E-state index contributed by atoms with van der Waals surface area (Å²) in [5.74, 6) is 0.953. The van der Waals surface area contributed by atoms with Gasteiger partial charge in [-0.05, 0) is 19.1 Å². The van der Waals surface area contributed by atoms with Crippen LogP contribution in [0.5, 0.6) is 5.75 Å². The highest BCUT2D eigenvalue weighted by Crippen LogP contribution is 2.16. The van der Waals surface area contributed by atoms with Crippen LogP contribution in [0.3, 0.4) is 0 Å². The average molecular weight is 160 g/mol. The number of phenolic OH excluding ortho intramolecular Hbond substituents is 1. The van der Waals surface area contributed by atoms with Gasteiger partial charge in [-0.2, -0.15) is 0 Å². The predicted molar refractivity (Wildman–Crippen MR) is 45.9 cm³/mol. The van der Waals surface area contributed by atoms with Gasteiger partial charge >= 0.3 is 0 Å². The number of rotatable bonds is 0.